The number of hydrogen-bond acceptors (Lipinski definition) is 7. The standard InChI is InChI=1S/C39H47FN6O6.ClH/c1-52-31-10-11-32(35(48)24-31)37-33(12-13-34(47)28-4-6-29(40)7-5-28)38(50)45(37)30-8-2-27(3-9-30)25-41-39(51)44-16-14-43(15-17-44)36(49)26-46-21-18-42(19-22-46)20-23-46;/h2-11,24,33-34,37,47H,12-23,25-26H2,1H3,(H-,41,48,51);1H/t33-,34+,37-;/m1./s1. The van der Waals surface area contributed by atoms with Crippen molar-refractivity contribution in [1.82, 2.24) is 20.0 Å². The molecule has 3 aromatic carbocycles. The third kappa shape index (κ3) is 8.23. The second kappa shape index (κ2) is 16.3. The third-order valence-corrected chi connectivity index (χ3v) is 11.5. The molecule has 3 N–H and O–H groups in total. The van der Waals surface area contributed by atoms with Gasteiger partial charge in [-0.05, 0) is 60.4 Å². The van der Waals surface area contributed by atoms with E-state index >= 15 is 0 Å². The number of phenolic OH excluding ortho intramolecular Hbond substituents is 1. The van der Waals surface area contributed by atoms with Crippen LogP contribution in [0.15, 0.2) is 66.7 Å². The largest absolute Gasteiger partial charge is 1.00 e. The fraction of sp³-hybridized carbons (Fsp3) is 0.462. The summed E-state index contributed by atoms with van der Waals surface area (Å²) < 4.78 is 19.6. The lowest BCUT2D eigenvalue weighted by Crippen LogP contribution is -3.00. The van der Waals surface area contributed by atoms with Crippen molar-refractivity contribution in [2.75, 3.05) is 84.0 Å². The van der Waals surface area contributed by atoms with Crippen molar-refractivity contribution in [2.24, 2.45) is 5.92 Å². The minimum atomic E-state index is -0.868. The van der Waals surface area contributed by atoms with Crippen LogP contribution in [-0.2, 0) is 16.1 Å². The van der Waals surface area contributed by atoms with Gasteiger partial charge in [-0.15, -0.1) is 0 Å². The molecule has 12 nitrogen and oxygen atoms in total. The van der Waals surface area contributed by atoms with Crippen LogP contribution in [-0.4, -0.2) is 126 Å². The number of methoxy groups -OCH3 is 1. The van der Waals surface area contributed by atoms with E-state index in [-0.39, 0.29) is 48.2 Å². The highest BCUT2D eigenvalue weighted by atomic mass is 35.5. The van der Waals surface area contributed by atoms with Crippen molar-refractivity contribution in [3.63, 3.8) is 0 Å². The number of aliphatic hydroxyl groups is 1. The molecule has 0 aromatic heterocycles. The predicted molar refractivity (Wildman–Crippen MR) is 192 cm³/mol. The van der Waals surface area contributed by atoms with Crippen LogP contribution in [0, 0.1) is 11.7 Å². The zero-order valence-corrected chi connectivity index (χ0v) is 30.8. The van der Waals surface area contributed by atoms with Gasteiger partial charge in [-0.1, -0.05) is 24.3 Å². The number of aromatic hydroxyl groups is 1. The Balaban J connectivity index is 0.00000481. The van der Waals surface area contributed by atoms with E-state index in [1.54, 1.807) is 21.9 Å². The van der Waals surface area contributed by atoms with Gasteiger partial charge in [0.05, 0.1) is 44.8 Å². The molecule has 3 aromatic rings. The number of carbonyl (C=O) groups excluding carboxylic acids is 3. The maximum absolute atomic E-state index is 13.6. The highest BCUT2D eigenvalue weighted by Gasteiger charge is 2.49. The molecule has 0 radical (unpaired) electrons. The van der Waals surface area contributed by atoms with Gasteiger partial charge in [-0.3, -0.25) is 14.5 Å². The summed E-state index contributed by atoms with van der Waals surface area (Å²) in [5, 5.41) is 24.7. The summed E-state index contributed by atoms with van der Waals surface area (Å²) in [6.07, 6.45) is -0.228. The van der Waals surface area contributed by atoms with Gasteiger partial charge in [0.15, 0.2) is 6.54 Å². The summed E-state index contributed by atoms with van der Waals surface area (Å²) in [6, 6.07) is 17.4. The number of hydrogen-bond donors (Lipinski definition) is 3. The van der Waals surface area contributed by atoms with Crippen molar-refractivity contribution in [2.45, 2.75) is 31.5 Å². The average molecular weight is 751 g/mol. The number of urea groups is 1. The highest BCUT2D eigenvalue weighted by Crippen LogP contribution is 2.49. The predicted octanol–water partition coefficient (Wildman–Crippen LogP) is 0.262. The SMILES string of the molecule is COc1ccc([C@@H]2[C@@H](CC[C@H](O)c3ccc(F)cc3)C(=O)N2c2ccc(CNC(=O)N3CCN(C(=O)C[N+]45CCN(CC4)CC5)CC3)cc2)c(O)c1.[Cl-]. The zero-order chi connectivity index (χ0) is 36.4. The van der Waals surface area contributed by atoms with E-state index in [2.05, 4.69) is 10.2 Å². The number of anilines is 1. The summed E-state index contributed by atoms with van der Waals surface area (Å²) in [7, 11) is 1.51. The number of piperazine rings is 4. The molecule has 4 amide bonds. The first-order chi connectivity index (χ1) is 25.1. The number of nitrogens with zero attached hydrogens (tertiary/aromatic N) is 5. The van der Waals surface area contributed by atoms with E-state index in [0.717, 1.165) is 49.3 Å². The van der Waals surface area contributed by atoms with Gasteiger partial charge in [0.25, 0.3) is 5.91 Å². The Morgan fingerprint density at radius 2 is 1.57 bits per heavy atom. The van der Waals surface area contributed by atoms with Crippen LogP contribution >= 0.6 is 0 Å². The molecule has 0 unspecified atom stereocenters. The van der Waals surface area contributed by atoms with E-state index in [0.29, 0.717) is 68.3 Å². The van der Waals surface area contributed by atoms with Crippen LogP contribution in [0.2, 0.25) is 0 Å². The number of fused-ring (bicyclic) bond motifs is 3. The van der Waals surface area contributed by atoms with Crippen LogP contribution < -0.4 is 27.4 Å². The zero-order valence-electron chi connectivity index (χ0n) is 30.0. The van der Waals surface area contributed by atoms with Gasteiger partial charge >= 0.3 is 6.03 Å². The lowest BCUT2D eigenvalue weighted by Gasteiger charge is -2.50. The molecule has 5 aliphatic rings. The smallest absolute Gasteiger partial charge is 0.317 e. The van der Waals surface area contributed by atoms with Gasteiger partial charge in [-0.2, -0.15) is 0 Å². The number of carbonyl (C=O) groups is 3. The van der Waals surface area contributed by atoms with E-state index < -0.39 is 18.1 Å². The number of halogens is 2. The second-order valence-corrected chi connectivity index (χ2v) is 14.5. The number of quaternary nitrogens is 1. The first-order valence-corrected chi connectivity index (χ1v) is 18.2. The quantitative estimate of drug-likeness (QED) is 0.190. The van der Waals surface area contributed by atoms with E-state index in [1.165, 1.54) is 37.4 Å². The molecule has 5 fully saturated rings. The Labute approximate surface area is 315 Å². The molecular formula is C39H48ClFN6O6. The fourth-order valence-corrected chi connectivity index (χ4v) is 8.14. The number of benzene rings is 3. The Morgan fingerprint density at radius 3 is 2.19 bits per heavy atom. The normalized spacial score (nSPS) is 24.2. The summed E-state index contributed by atoms with van der Waals surface area (Å²) in [5.74, 6) is -0.335. The Bertz CT molecular complexity index is 1750. The topological polar surface area (TPSA) is 126 Å². The van der Waals surface area contributed by atoms with Crippen LogP contribution in [0.5, 0.6) is 11.5 Å². The Kier molecular flexibility index (Phi) is 11.8. The van der Waals surface area contributed by atoms with Crippen LogP contribution in [0.25, 0.3) is 0 Å². The molecule has 0 saturated carbocycles. The van der Waals surface area contributed by atoms with Crippen molar-refractivity contribution in [1.29, 1.82) is 0 Å². The number of amides is 4. The van der Waals surface area contributed by atoms with Crippen LogP contribution in [0.1, 0.15) is 41.7 Å². The number of ether oxygens (including phenoxy) is 1. The second-order valence-electron chi connectivity index (χ2n) is 14.5. The highest BCUT2D eigenvalue weighted by molar-refractivity contribution is 6.03. The van der Waals surface area contributed by atoms with E-state index in [4.69, 9.17) is 4.74 Å². The number of β-lactam (4-membered cyclic amide) rings is 1. The lowest BCUT2D eigenvalue weighted by atomic mass is 9.78. The Morgan fingerprint density at radius 1 is 0.925 bits per heavy atom. The maximum atomic E-state index is 13.6. The van der Waals surface area contributed by atoms with Crippen molar-refractivity contribution in [3.05, 3.63) is 89.2 Å². The molecule has 5 saturated heterocycles. The summed E-state index contributed by atoms with van der Waals surface area (Å²) in [5.41, 5.74) is 2.65. The molecular weight excluding hydrogens is 703 g/mol. The first-order valence-electron chi connectivity index (χ1n) is 18.2. The van der Waals surface area contributed by atoms with Gasteiger partial charge < -0.3 is 51.9 Å². The minimum Gasteiger partial charge on any atom is -1.00 e. The van der Waals surface area contributed by atoms with Gasteiger partial charge in [0, 0.05) is 69.7 Å². The molecule has 284 valence electrons. The van der Waals surface area contributed by atoms with Gasteiger partial charge in [-0.25, -0.2) is 9.18 Å². The number of phenols is 1. The van der Waals surface area contributed by atoms with Gasteiger partial charge in [0.1, 0.15) is 17.3 Å². The molecule has 8 rings (SSSR count). The molecule has 5 aliphatic heterocycles. The van der Waals surface area contributed by atoms with Crippen molar-refractivity contribution in [3.8, 4) is 11.5 Å². The molecule has 5 heterocycles. The summed E-state index contributed by atoms with van der Waals surface area (Å²) in [6.45, 7) is 9.26. The fourth-order valence-electron chi connectivity index (χ4n) is 8.14. The number of aliphatic hydroxyl groups excluding tert-OH is 1. The van der Waals surface area contributed by atoms with Crippen LogP contribution in [0.3, 0.4) is 0 Å². The maximum Gasteiger partial charge on any atom is 0.317 e. The summed E-state index contributed by atoms with van der Waals surface area (Å²) in [4.78, 5) is 47.6. The first kappa shape index (κ1) is 38.3. The van der Waals surface area contributed by atoms with E-state index in [1.807, 2.05) is 29.2 Å². The average Bonchev–Trinajstić information content (AvgIpc) is 3.17. The van der Waals surface area contributed by atoms with Crippen molar-refractivity contribution >= 4 is 23.5 Å². The molecule has 2 bridgehead atoms. The monoisotopic (exact) mass is 750 g/mol. The number of nitrogens with one attached hydrogen (secondary N) is 1. The number of rotatable bonds is 11. The summed E-state index contributed by atoms with van der Waals surface area (Å²) >= 11 is 0. The van der Waals surface area contributed by atoms with E-state index in [9.17, 15) is 29.0 Å². The molecule has 3 atom stereocenters. The lowest BCUT2D eigenvalue weighted by molar-refractivity contribution is -0.934. The minimum absolute atomic E-state index is 0. The molecule has 53 heavy (non-hydrogen) atoms. The third-order valence-electron chi connectivity index (χ3n) is 11.5. The van der Waals surface area contributed by atoms with Crippen molar-refractivity contribution < 1.29 is 50.6 Å². The Hall–Kier alpha value is -4.43. The molecule has 14 heteroatoms. The van der Waals surface area contributed by atoms with Gasteiger partial charge in [0.2, 0.25) is 5.91 Å². The molecule has 0 aliphatic carbocycles. The van der Waals surface area contributed by atoms with Crippen LogP contribution in [0.4, 0.5) is 14.9 Å². The molecule has 0 spiro atoms.